The van der Waals surface area contributed by atoms with Gasteiger partial charge in [-0.15, -0.1) is 0 Å². The highest BCUT2D eigenvalue weighted by Crippen LogP contribution is 2.43. The molecule has 1 aliphatic rings. The molecule has 0 aliphatic heterocycles. The first-order chi connectivity index (χ1) is 13.3. The van der Waals surface area contributed by atoms with E-state index in [4.69, 9.17) is 13.9 Å². The number of ether oxygens (including phenoxy) is 2. The average Bonchev–Trinajstić information content (AvgIpc) is 2.66. The van der Waals surface area contributed by atoms with Crippen molar-refractivity contribution in [3.63, 3.8) is 0 Å². The molecule has 0 radical (unpaired) electrons. The highest BCUT2D eigenvalue weighted by atomic mass is 16.5. The molecular weight excluding hydrogens is 368 g/mol. The van der Waals surface area contributed by atoms with E-state index < -0.39 is 45.2 Å². The van der Waals surface area contributed by atoms with Crippen LogP contribution in [0.2, 0.25) is 0 Å². The molecule has 1 aromatic heterocycles. The largest absolute Gasteiger partial charge is 0.506 e. The predicted octanol–water partition coefficient (Wildman–Crippen LogP) is 2.58. The summed E-state index contributed by atoms with van der Waals surface area (Å²) in [6.07, 6.45) is 0.897. The van der Waals surface area contributed by atoms with E-state index in [1.807, 2.05) is 0 Å². The van der Waals surface area contributed by atoms with Gasteiger partial charge in [0.2, 0.25) is 11.2 Å². The summed E-state index contributed by atoms with van der Waals surface area (Å²) in [6, 6.07) is 3.06. The number of hydrogen-bond donors (Lipinski definition) is 2. The van der Waals surface area contributed by atoms with Gasteiger partial charge in [0.05, 0.1) is 30.7 Å². The predicted molar refractivity (Wildman–Crippen MR) is 98.4 cm³/mol. The lowest BCUT2D eigenvalue weighted by molar-refractivity contribution is 0.0912. The number of carbonyl (C=O) groups excluding carboxylic acids is 2. The van der Waals surface area contributed by atoms with Gasteiger partial charge in [0.1, 0.15) is 22.5 Å². The molecule has 0 saturated heterocycles. The van der Waals surface area contributed by atoms with Gasteiger partial charge in [-0.3, -0.25) is 14.4 Å². The fraction of sp³-hybridized carbons (Fsp3) is 0.150. The van der Waals surface area contributed by atoms with Crippen molar-refractivity contribution in [3.8, 4) is 17.2 Å². The second-order valence-electron chi connectivity index (χ2n) is 6.31. The zero-order valence-corrected chi connectivity index (χ0v) is 15.1. The number of ketones is 2. The number of phenols is 2. The van der Waals surface area contributed by atoms with Crippen LogP contribution in [0.5, 0.6) is 17.2 Å². The molecule has 0 saturated carbocycles. The number of benzene rings is 2. The summed E-state index contributed by atoms with van der Waals surface area (Å²) in [5.74, 6) is -2.90. The van der Waals surface area contributed by atoms with Gasteiger partial charge in [-0.05, 0) is 18.6 Å². The number of allylic oxidation sites excluding steroid dienone is 2. The van der Waals surface area contributed by atoms with Crippen molar-refractivity contribution in [2.45, 2.75) is 6.92 Å². The molecule has 0 fully saturated rings. The van der Waals surface area contributed by atoms with Crippen LogP contribution in [-0.4, -0.2) is 36.0 Å². The van der Waals surface area contributed by atoms with Crippen LogP contribution >= 0.6 is 0 Å². The van der Waals surface area contributed by atoms with E-state index in [-0.39, 0.29) is 22.1 Å². The van der Waals surface area contributed by atoms with E-state index in [0.717, 1.165) is 6.08 Å². The van der Waals surface area contributed by atoms with Gasteiger partial charge in [0.15, 0.2) is 22.9 Å². The van der Waals surface area contributed by atoms with E-state index in [0.29, 0.717) is 11.3 Å². The normalized spacial score (nSPS) is 13.6. The lowest BCUT2D eigenvalue weighted by atomic mass is 9.89. The van der Waals surface area contributed by atoms with Gasteiger partial charge >= 0.3 is 0 Å². The molecule has 8 heteroatoms. The molecule has 1 aliphatic carbocycles. The summed E-state index contributed by atoms with van der Waals surface area (Å²) in [5, 5.41) is 21.1. The Hall–Kier alpha value is -3.81. The monoisotopic (exact) mass is 382 g/mol. The van der Waals surface area contributed by atoms with Crippen LogP contribution in [-0.2, 0) is 4.74 Å². The molecule has 0 atom stereocenters. The van der Waals surface area contributed by atoms with Gasteiger partial charge in [-0.2, -0.15) is 0 Å². The topological polar surface area (TPSA) is 123 Å². The Balaban J connectivity index is 2.23. The first kappa shape index (κ1) is 17.6. The fourth-order valence-electron chi connectivity index (χ4n) is 3.45. The average molecular weight is 382 g/mol. The molecule has 0 unspecified atom stereocenters. The van der Waals surface area contributed by atoms with Crippen LogP contribution in [0.4, 0.5) is 0 Å². The van der Waals surface area contributed by atoms with E-state index >= 15 is 0 Å². The highest BCUT2D eigenvalue weighted by molar-refractivity contribution is 6.28. The number of fused-ring (bicyclic) bond motifs is 3. The second-order valence-corrected chi connectivity index (χ2v) is 6.31. The third-order valence-electron chi connectivity index (χ3n) is 4.76. The molecule has 2 aromatic carbocycles. The smallest absolute Gasteiger partial charge is 0.232 e. The lowest BCUT2D eigenvalue weighted by Gasteiger charge is -2.18. The molecule has 142 valence electrons. The summed E-state index contributed by atoms with van der Waals surface area (Å²) in [6.45, 7) is 1.66. The molecule has 8 nitrogen and oxygen atoms in total. The van der Waals surface area contributed by atoms with Crippen LogP contribution in [0, 0.1) is 6.92 Å². The zero-order chi connectivity index (χ0) is 20.3. The summed E-state index contributed by atoms with van der Waals surface area (Å²) < 4.78 is 15.7. The molecule has 2 N–H and O–H groups in total. The Morgan fingerprint density at radius 3 is 2.29 bits per heavy atom. The standard InChI is InChI=1S/C20H14O8/c1-7-4-8(26-2)5-10-12(7)17(23)15-18(24)13-9(21)6-11(27-3)16(22)14(13)19(25)20(15)28-10/h4-6,24-25H,1-3H3. The van der Waals surface area contributed by atoms with Gasteiger partial charge < -0.3 is 24.1 Å². The van der Waals surface area contributed by atoms with Gasteiger partial charge in [0.25, 0.3) is 0 Å². The minimum absolute atomic E-state index is 0.0982. The van der Waals surface area contributed by atoms with Gasteiger partial charge in [0, 0.05) is 12.1 Å². The van der Waals surface area contributed by atoms with Crippen molar-refractivity contribution in [2.24, 2.45) is 0 Å². The van der Waals surface area contributed by atoms with Crippen LogP contribution in [0.15, 0.2) is 33.2 Å². The molecule has 28 heavy (non-hydrogen) atoms. The number of aryl methyl sites for hydroxylation is 1. The Morgan fingerprint density at radius 1 is 0.929 bits per heavy atom. The first-order valence-corrected chi connectivity index (χ1v) is 8.17. The van der Waals surface area contributed by atoms with Crippen molar-refractivity contribution < 1.29 is 33.7 Å². The zero-order valence-electron chi connectivity index (χ0n) is 15.1. The molecule has 3 aromatic rings. The van der Waals surface area contributed by atoms with E-state index in [1.165, 1.54) is 20.3 Å². The summed E-state index contributed by atoms with van der Waals surface area (Å²) in [4.78, 5) is 38.0. The first-order valence-electron chi connectivity index (χ1n) is 8.17. The van der Waals surface area contributed by atoms with Crippen LogP contribution in [0.3, 0.4) is 0 Å². The highest BCUT2D eigenvalue weighted by Gasteiger charge is 2.36. The maximum Gasteiger partial charge on any atom is 0.232 e. The van der Waals surface area contributed by atoms with Crippen molar-refractivity contribution >= 4 is 33.5 Å². The Morgan fingerprint density at radius 2 is 1.64 bits per heavy atom. The maximum absolute atomic E-state index is 13.1. The van der Waals surface area contributed by atoms with Crippen molar-refractivity contribution in [3.05, 3.63) is 50.9 Å². The van der Waals surface area contributed by atoms with Crippen molar-refractivity contribution in [1.29, 1.82) is 0 Å². The number of carbonyl (C=O) groups is 2. The Labute approximate surface area is 157 Å². The number of Topliss-reactive ketones (excluding diaryl/α,β-unsaturated/α-hetero) is 1. The minimum Gasteiger partial charge on any atom is -0.506 e. The van der Waals surface area contributed by atoms with Crippen molar-refractivity contribution in [2.75, 3.05) is 14.2 Å². The van der Waals surface area contributed by atoms with E-state index in [2.05, 4.69) is 0 Å². The molecule has 0 bridgehead atoms. The molecule has 0 spiro atoms. The van der Waals surface area contributed by atoms with Crippen LogP contribution in [0.25, 0.3) is 21.9 Å². The van der Waals surface area contributed by atoms with Gasteiger partial charge in [-0.1, -0.05) is 0 Å². The number of methoxy groups -OCH3 is 2. The number of aromatic hydroxyl groups is 2. The molecular formula is C20H14O8. The SMILES string of the molecule is COC1=CC(=O)c2c(c(O)c3oc4cc(OC)cc(C)c4c(=O)c3c2O)C1=O. The Kier molecular flexibility index (Phi) is 3.67. The minimum atomic E-state index is -0.809. The molecule has 0 amide bonds. The summed E-state index contributed by atoms with van der Waals surface area (Å²) in [7, 11) is 2.64. The molecule has 4 rings (SSSR count). The maximum atomic E-state index is 13.1. The van der Waals surface area contributed by atoms with Gasteiger partial charge in [-0.25, -0.2) is 0 Å². The summed E-state index contributed by atoms with van der Waals surface area (Å²) >= 11 is 0. The second kappa shape index (κ2) is 5.85. The van der Waals surface area contributed by atoms with Crippen LogP contribution < -0.4 is 10.2 Å². The number of rotatable bonds is 2. The molecule has 1 heterocycles. The number of hydrogen-bond acceptors (Lipinski definition) is 8. The Bertz CT molecular complexity index is 1310. The van der Waals surface area contributed by atoms with Crippen LogP contribution in [0.1, 0.15) is 26.3 Å². The third kappa shape index (κ3) is 2.14. The quantitative estimate of drug-likeness (QED) is 0.512. The summed E-state index contributed by atoms with van der Waals surface area (Å²) in [5.41, 5.74) is -1.37. The fourth-order valence-corrected chi connectivity index (χ4v) is 3.45. The van der Waals surface area contributed by atoms with E-state index in [9.17, 15) is 24.6 Å². The number of phenolic OH excluding ortho intramolecular Hbond substituents is 2. The van der Waals surface area contributed by atoms with Crippen molar-refractivity contribution in [1.82, 2.24) is 0 Å². The van der Waals surface area contributed by atoms with E-state index in [1.54, 1.807) is 13.0 Å². The third-order valence-corrected chi connectivity index (χ3v) is 4.76. The lowest BCUT2D eigenvalue weighted by Crippen LogP contribution is -2.19.